The second-order valence-electron chi connectivity index (χ2n) is 6.16. The molecule has 1 unspecified atom stereocenters. The van der Waals surface area contributed by atoms with Crippen LogP contribution in [0.5, 0.6) is 0 Å². The van der Waals surface area contributed by atoms with Crippen molar-refractivity contribution in [3.63, 3.8) is 0 Å². The lowest BCUT2D eigenvalue weighted by Crippen LogP contribution is -2.54. The van der Waals surface area contributed by atoms with Crippen molar-refractivity contribution >= 4 is 23.4 Å². The molecule has 0 bridgehead atoms. The molecule has 0 spiro atoms. The van der Waals surface area contributed by atoms with E-state index in [9.17, 15) is 4.79 Å². The second-order valence-corrected chi connectivity index (χ2v) is 7.10. The average Bonchev–Trinajstić information content (AvgIpc) is 2.98. The number of aryl methyl sites for hydroxylation is 2. The number of hydrogen-bond acceptors (Lipinski definition) is 5. The molecule has 6 nitrogen and oxygen atoms in total. The fraction of sp³-hybridized carbons (Fsp3) is 0.471. The highest BCUT2D eigenvalue weighted by Crippen LogP contribution is 2.23. The van der Waals surface area contributed by atoms with E-state index >= 15 is 0 Å². The monoisotopic (exact) mass is 345 g/mol. The Bertz CT molecular complexity index is 717. The van der Waals surface area contributed by atoms with Crippen LogP contribution >= 0.6 is 11.8 Å². The average molecular weight is 345 g/mol. The topological polar surface area (TPSA) is 65.1 Å². The maximum absolute atomic E-state index is 12.5. The highest BCUT2D eigenvalue weighted by atomic mass is 32.2. The van der Waals surface area contributed by atoms with E-state index in [0.29, 0.717) is 10.9 Å². The van der Waals surface area contributed by atoms with Gasteiger partial charge in [-0.1, -0.05) is 30.0 Å². The number of anilines is 1. The normalized spacial score (nSPS) is 18.0. The first-order valence-electron chi connectivity index (χ1n) is 8.16. The summed E-state index contributed by atoms with van der Waals surface area (Å²) in [6.07, 6.45) is 0. The number of aromatic nitrogens is 3. The zero-order chi connectivity index (χ0) is 17.1. The van der Waals surface area contributed by atoms with Crippen molar-refractivity contribution in [2.75, 3.05) is 30.3 Å². The zero-order valence-electron chi connectivity index (χ0n) is 14.3. The number of hydrogen-bond donors (Lipinski definition) is 1. The van der Waals surface area contributed by atoms with Crippen LogP contribution in [0.2, 0.25) is 0 Å². The van der Waals surface area contributed by atoms with Gasteiger partial charge in [0.1, 0.15) is 5.82 Å². The Hall–Kier alpha value is -2.02. The first kappa shape index (κ1) is 16.8. The van der Waals surface area contributed by atoms with Gasteiger partial charge in [0.05, 0.1) is 5.75 Å². The highest BCUT2D eigenvalue weighted by molar-refractivity contribution is 7.99. The number of carbonyl (C=O) groups is 1. The molecule has 1 aliphatic heterocycles. The third kappa shape index (κ3) is 3.72. The van der Waals surface area contributed by atoms with E-state index in [1.165, 1.54) is 23.0 Å². The van der Waals surface area contributed by atoms with Crippen molar-refractivity contribution < 1.29 is 4.79 Å². The first-order chi connectivity index (χ1) is 11.5. The number of aromatic amines is 1. The number of benzene rings is 1. The number of H-pyrrole nitrogens is 1. The lowest BCUT2D eigenvalue weighted by atomic mass is 10.1. The van der Waals surface area contributed by atoms with Gasteiger partial charge in [0.2, 0.25) is 11.1 Å². The van der Waals surface area contributed by atoms with Gasteiger partial charge >= 0.3 is 0 Å². The molecule has 1 N–H and O–H groups in total. The number of amides is 1. The molecule has 0 saturated carbocycles. The van der Waals surface area contributed by atoms with Gasteiger partial charge in [0.25, 0.3) is 0 Å². The number of nitrogens with one attached hydrogen (secondary N) is 1. The van der Waals surface area contributed by atoms with Crippen LogP contribution < -0.4 is 4.90 Å². The summed E-state index contributed by atoms with van der Waals surface area (Å²) in [5.74, 6) is 1.30. The SMILES string of the molecule is Cc1nc(SCC(=O)N2CCN(c3ccccc3C)CC2C)n[nH]1. The zero-order valence-corrected chi connectivity index (χ0v) is 15.1. The van der Waals surface area contributed by atoms with Gasteiger partial charge in [-0.05, 0) is 32.4 Å². The van der Waals surface area contributed by atoms with Crippen LogP contribution in [0.4, 0.5) is 5.69 Å². The van der Waals surface area contributed by atoms with E-state index in [1.54, 1.807) is 0 Å². The van der Waals surface area contributed by atoms with Crippen LogP contribution in [0.15, 0.2) is 29.4 Å². The minimum atomic E-state index is 0.152. The molecule has 3 rings (SSSR count). The molecule has 2 heterocycles. The van der Waals surface area contributed by atoms with Crippen molar-refractivity contribution in [1.29, 1.82) is 0 Å². The Morgan fingerprint density at radius 3 is 2.79 bits per heavy atom. The third-order valence-electron chi connectivity index (χ3n) is 4.31. The molecule has 2 aromatic rings. The molecule has 24 heavy (non-hydrogen) atoms. The Kier molecular flexibility index (Phi) is 5.08. The Morgan fingerprint density at radius 1 is 1.33 bits per heavy atom. The van der Waals surface area contributed by atoms with Crippen molar-refractivity contribution in [3.05, 3.63) is 35.7 Å². The molecular weight excluding hydrogens is 322 g/mol. The molecule has 1 atom stereocenters. The fourth-order valence-electron chi connectivity index (χ4n) is 3.06. The van der Waals surface area contributed by atoms with Gasteiger partial charge in [-0.2, -0.15) is 0 Å². The summed E-state index contributed by atoms with van der Waals surface area (Å²) in [6, 6.07) is 8.61. The van der Waals surface area contributed by atoms with Crippen molar-refractivity contribution in [1.82, 2.24) is 20.1 Å². The smallest absolute Gasteiger partial charge is 0.233 e. The standard InChI is InChI=1S/C17H23N5OS/c1-12-6-4-5-7-15(12)21-8-9-22(13(2)10-21)16(23)11-24-17-18-14(3)19-20-17/h4-7,13H,8-11H2,1-3H3,(H,18,19,20). The second kappa shape index (κ2) is 7.25. The van der Waals surface area contributed by atoms with Crippen LogP contribution in [-0.2, 0) is 4.79 Å². The van der Waals surface area contributed by atoms with Crippen molar-refractivity contribution in [2.45, 2.75) is 32.0 Å². The van der Waals surface area contributed by atoms with E-state index in [4.69, 9.17) is 0 Å². The van der Waals surface area contributed by atoms with E-state index in [1.807, 2.05) is 11.8 Å². The molecule has 1 aromatic carbocycles. The Balaban J connectivity index is 1.57. The fourth-order valence-corrected chi connectivity index (χ4v) is 3.79. The predicted octanol–water partition coefficient (Wildman–Crippen LogP) is 2.25. The van der Waals surface area contributed by atoms with Crippen molar-refractivity contribution in [3.8, 4) is 0 Å². The van der Waals surface area contributed by atoms with Gasteiger partial charge in [-0.25, -0.2) is 4.98 Å². The molecule has 1 fully saturated rings. The van der Waals surface area contributed by atoms with Gasteiger partial charge < -0.3 is 9.80 Å². The quantitative estimate of drug-likeness (QED) is 0.861. The summed E-state index contributed by atoms with van der Waals surface area (Å²) in [5.41, 5.74) is 2.54. The maximum atomic E-state index is 12.5. The predicted molar refractivity (Wildman–Crippen MR) is 96.4 cm³/mol. The molecule has 1 amide bonds. The van der Waals surface area contributed by atoms with Crippen LogP contribution in [-0.4, -0.2) is 57.4 Å². The van der Waals surface area contributed by atoms with Gasteiger partial charge in [0, 0.05) is 31.4 Å². The first-order valence-corrected chi connectivity index (χ1v) is 9.15. The van der Waals surface area contributed by atoms with E-state index in [-0.39, 0.29) is 11.9 Å². The molecular formula is C17H23N5OS. The van der Waals surface area contributed by atoms with Gasteiger partial charge in [-0.15, -0.1) is 5.10 Å². The highest BCUT2D eigenvalue weighted by Gasteiger charge is 2.28. The number of rotatable bonds is 4. The van der Waals surface area contributed by atoms with Gasteiger partial charge in [0.15, 0.2) is 0 Å². The summed E-state index contributed by atoms with van der Waals surface area (Å²) in [6.45, 7) is 8.58. The van der Waals surface area contributed by atoms with Crippen LogP contribution in [0.25, 0.3) is 0 Å². The Labute approximate surface area is 146 Å². The molecule has 7 heteroatoms. The minimum Gasteiger partial charge on any atom is -0.367 e. The third-order valence-corrected chi connectivity index (χ3v) is 5.14. The number of para-hydroxylation sites is 1. The Morgan fingerprint density at radius 2 is 2.12 bits per heavy atom. The molecule has 0 aliphatic carbocycles. The molecule has 1 saturated heterocycles. The van der Waals surface area contributed by atoms with E-state index in [0.717, 1.165) is 25.5 Å². The maximum Gasteiger partial charge on any atom is 0.233 e. The van der Waals surface area contributed by atoms with Crippen LogP contribution in [0.1, 0.15) is 18.3 Å². The number of carbonyl (C=O) groups excluding carboxylic acids is 1. The number of piperazine rings is 1. The lowest BCUT2D eigenvalue weighted by Gasteiger charge is -2.41. The summed E-state index contributed by atoms with van der Waals surface area (Å²) < 4.78 is 0. The number of nitrogens with zero attached hydrogens (tertiary/aromatic N) is 4. The molecule has 0 radical (unpaired) electrons. The van der Waals surface area contributed by atoms with E-state index in [2.05, 4.69) is 58.2 Å². The largest absolute Gasteiger partial charge is 0.367 e. The molecule has 1 aromatic heterocycles. The number of thioether (sulfide) groups is 1. The van der Waals surface area contributed by atoms with Crippen LogP contribution in [0, 0.1) is 13.8 Å². The summed E-state index contributed by atoms with van der Waals surface area (Å²) in [7, 11) is 0. The summed E-state index contributed by atoms with van der Waals surface area (Å²) in [4.78, 5) is 21.1. The summed E-state index contributed by atoms with van der Waals surface area (Å²) >= 11 is 1.39. The minimum absolute atomic E-state index is 0.152. The molecule has 1 aliphatic rings. The summed E-state index contributed by atoms with van der Waals surface area (Å²) in [5, 5.41) is 7.49. The van der Waals surface area contributed by atoms with Gasteiger partial charge in [-0.3, -0.25) is 9.89 Å². The van der Waals surface area contributed by atoms with E-state index < -0.39 is 0 Å². The molecule has 128 valence electrons. The van der Waals surface area contributed by atoms with Crippen molar-refractivity contribution in [2.24, 2.45) is 0 Å². The lowest BCUT2D eigenvalue weighted by molar-refractivity contribution is -0.130. The van der Waals surface area contributed by atoms with Crippen LogP contribution in [0.3, 0.4) is 0 Å².